The maximum Gasteiger partial charge on any atom is 0.252 e. The Balaban J connectivity index is 1.60. The highest BCUT2D eigenvalue weighted by atomic mass is 16.5. The van der Waals surface area contributed by atoms with Gasteiger partial charge in [0.15, 0.2) is 0 Å². The number of carbonyl (C=O) groups excluding carboxylic acids is 1. The number of amides is 1. The van der Waals surface area contributed by atoms with Crippen LogP contribution in [0.2, 0.25) is 0 Å². The lowest BCUT2D eigenvalue weighted by Crippen LogP contribution is -2.26. The Bertz CT molecular complexity index is 981. The maximum absolute atomic E-state index is 12.8. The molecule has 1 saturated carbocycles. The Hall–Kier alpha value is -3.08. The van der Waals surface area contributed by atoms with Crippen LogP contribution in [0.15, 0.2) is 54.6 Å². The number of benzene rings is 2. The van der Waals surface area contributed by atoms with Crippen molar-refractivity contribution in [2.24, 2.45) is 0 Å². The smallest absolute Gasteiger partial charge is 0.252 e. The van der Waals surface area contributed by atoms with E-state index < -0.39 is 0 Å². The first-order chi connectivity index (χ1) is 13.6. The molecular formula is C23H25N3O2. The van der Waals surface area contributed by atoms with Crippen molar-refractivity contribution < 1.29 is 9.53 Å². The van der Waals surface area contributed by atoms with E-state index in [1.165, 1.54) is 0 Å². The molecule has 1 fully saturated rings. The van der Waals surface area contributed by atoms with E-state index >= 15 is 0 Å². The Labute approximate surface area is 165 Å². The van der Waals surface area contributed by atoms with Crippen LogP contribution in [0.1, 0.15) is 35.7 Å². The van der Waals surface area contributed by atoms with Crippen LogP contribution in [0.3, 0.4) is 0 Å². The van der Waals surface area contributed by atoms with Gasteiger partial charge in [-0.15, -0.1) is 0 Å². The number of ether oxygens (including phenoxy) is 1. The van der Waals surface area contributed by atoms with Crippen molar-refractivity contribution in [3.63, 3.8) is 0 Å². The van der Waals surface area contributed by atoms with E-state index in [9.17, 15) is 4.79 Å². The number of anilines is 1. The molecule has 0 saturated heterocycles. The highest BCUT2D eigenvalue weighted by molar-refractivity contribution is 6.07. The van der Waals surface area contributed by atoms with Crippen LogP contribution >= 0.6 is 0 Å². The first-order valence-corrected chi connectivity index (χ1v) is 9.77. The monoisotopic (exact) mass is 375 g/mol. The molecule has 1 aliphatic rings. The average molecular weight is 375 g/mol. The lowest BCUT2D eigenvalue weighted by Gasteiger charge is -2.20. The zero-order chi connectivity index (χ0) is 19.5. The summed E-state index contributed by atoms with van der Waals surface area (Å²) in [5.41, 5.74) is 2.68. The van der Waals surface area contributed by atoms with E-state index in [0.717, 1.165) is 40.9 Å². The number of para-hydroxylation sites is 1. The molecule has 5 nitrogen and oxygen atoms in total. The molecule has 3 aromatic rings. The third kappa shape index (κ3) is 4.09. The zero-order valence-corrected chi connectivity index (χ0v) is 16.3. The van der Waals surface area contributed by atoms with Crippen molar-refractivity contribution in [2.45, 2.75) is 32.4 Å². The minimum Gasteiger partial charge on any atom is -0.494 e. The van der Waals surface area contributed by atoms with Gasteiger partial charge in [0, 0.05) is 25.0 Å². The number of nitrogens with one attached hydrogen (secondary N) is 1. The fourth-order valence-electron chi connectivity index (χ4n) is 3.25. The van der Waals surface area contributed by atoms with Crippen molar-refractivity contribution in [3.05, 3.63) is 65.7 Å². The first kappa shape index (κ1) is 18.3. The summed E-state index contributed by atoms with van der Waals surface area (Å²) >= 11 is 0. The predicted molar refractivity (Wildman–Crippen MR) is 112 cm³/mol. The molecule has 28 heavy (non-hydrogen) atoms. The molecule has 0 atom stereocenters. The van der Waals surface area contributed by atoms with Gasteiger partial charge in [0.25, 0.3) is 5.91 Å². The van der Waals surface area contributed by atoms with Crippen LogP contribution in [0.5, 0.6) is 5.75 Å². The Morgan fingerprint density at radius 2 is 1.93 bits per heavy atom. The molecule has 0 aliphatic heterocycles. The second kappa shape index (κ2) is 7.89. The summed E-state index contributed by atoms with van der Waals surface area (Å²) < 4.78 is 5.51. The van der Waals surface area contributed by atoms with Gasteiger partial charge in [0.1, 0.15) is 11.6 Å². The standard InChI is InChI=1S/C23H25N3O2/c1-3-28-18-12-8-16(9-13-18)15-26(2)22-14-20(23(27)24-17-10-11-17)19-6-4-5-7-21(19)25-22/h4-9,12-14,17H,3,10-11,15H2,1-2H3,(H,24,27). The molecule has 0 spiro atoms. The summed E-state index contributed by atoms with van der Waals surface area (Å²) in [7, 11) is 2.00. The second-order valence-corrected chi connectivity index (χ2v) is 7.23. The Kier molecular flexibility index (Phi) is 5.15. The fraction of sp³-hybridized carbons (Fsp3) is 0.304. The van der Waals surface area contributed by atoms with Crippen molar-refractivity contribution >= 4 is 22.6 Å². The van der Waals surface area contributed by atoms with Gasteiger partial charge in [0.2, 0.25) is 0 Å². The van der Waals surface area contributed by atoms with Crippen molar-refractivity contribution in [3.8, 4) is 5.75 Å². The highest BCUT2D eigenvalue weighted by Gasteiger charge is 2.25. The molecule has 1 aromatic heterocycles. The van der Waals surface area contributed by atoms with E-state index in [1.807, 2.05) is 56.4 Å². The number of fused-ring (bicyclic) bond motifs is 1. The predicted octanol–water partition coefficient (Wildman–Crippen LogP) is 4.16. The second-order valence-electron chi connectivity index (χ2n) is 7.23. The highest BCUT2D eigenvalue weighted by Crippen LogP contribution is 2.26. The molecule has 0 radical (unpaired) electrons. The minimum atomic E-state index is -0.0168. The van der Waals surface area contributed by atoms with E-state index in [-0.39, 0.29) is 5.91 Å². The van der Waals surface area contributed by atoms with Crippen LogP contribution in [-0.4, -0.2) is 30.6 Å². The first-order valence-electron chi connectivity index (χ1n) is 9.77. The van der Waals surface area contributed by atoms with E-state index in [2.05, 4.69) is 22.3 Å². The van der Waals surface area contributed by atoms with Gasteiger partial charge < -0.3 is 15.0 Å². The molecule has 1 aliphatic carbocycles. The van der Waals surface area contributed by atoms with Crippen LogP contribution in [0.4, 0.5) is 5.82 Å². The topological polar surface area (TPSA) is 54.5 Å². The molecule has 2 aromatic carbocycles. The van der Waals surface area contributed by atoms with E-state index in [4.69, 9.17) is 9.72 Å². The fourth-order valence-corrected chi connectivity index (χ4v) is 3.25. The van der Waals surface area contributed by atoms with Gasteiger partial charge in [-0.2, -0.15) is 0 Å². The summed E-state index contributed by atoms with van der Waals surface area (Å²) in [4.78, 5) is 19.6. The van der Waals surface area contributed by atoms with Gasteiger partial charge in [-0.1, -0.05) is 30.3 Å². The average Bonchev–Trinajstić information content (AvgIpc) is 3.52. The molecule has 4 rings (SSSR count). The molecule has 1 amide bonds. The zero-order valence-electron chi connectivity index (χ0n) is 16.3. The largest absolute Gasteiger partial charge is 0.494 e. The number of hydrogen-bond donors (Lipinski definition) is 1. The van der Waals surface area contributed by atoms with Gasteiger partial charge in [0.05, 0.1) is 17.7 Å². The molecule has 5 heteroatoms. The third-order valence-electron chi connectivity index (χ3n) is 4.91. The summed E-state index contributed by atoms with van der Waals surface area (Å²) in [6.45, 7) is 3.33. The van der Waals surface area contributed by atoms with Crippen LogP contribution in [-0.2, 0) is 6.54 Å². The van der Waals surface area contributed by atoms with E-state index in [1.54, 1.807) is 0 Å². The number of pyridine rings is 1. The molecule has 144 valence electrons. The van der Waals surface area contributed by atoms with Gasteiger partial charge >= 0.3 is 0 Å². The summed E-state index contributed by atoms with van der Waals surface area (Å²) in [6.07, 6.45) is 2.14. The number of rotatable bonds is 7. The molecule has 0 unspecified atom stereocenters. The van der Waals surface area contributed by atoms with Gasteiger partial charge in [-0.25, -0.2) is 4.98 Å². The third-order valence-corrected chi connectivity index (χ3v) is 4.91. The summed E-state index contributed by atoms with van der Waals surface area (Å²) in [5.74, 6) is 1.64. The van der Waals surface area contributed by atoms with Gasteiger partial charge in [-0.05, 0) is 49.6 Å². The van der Waals surface area contributed by atoms with Crippen LogP contribution < -0.4 is 15.0 Å². The Morgan fingerprint density at radius 1 is 1.18 bits per heavy atom. The molecule has 0 bridgehead atoms. The van der Waals surface area contributed by atoms with Gasteiger partial charge in [-0.3, -0.25) is 4.79 Å². The molecular weight excluding hydrogens is 350 g/mol. The molecule has 1 N–H and O–H groups in total. The number of hydrogen-bond acceptors (Lipinski definition) is 4. The van der Waals surface area contributed by atoms with Crippen molar-refractivity contribution in [1.29, 1.82) is 0 Å². The van der Waals surface area contributed by atoms with Crippen molar-refractivity contribution in [1.82, 2.24) is 10.3 Å². The maximum atomic E-state index is 12.8. The number of nitrogens with zero attached hydrogens (tertiary/aromatic N) is 2. The SMILES string of the molecule is CCOc1ccc(CN(C)c2cc(C(=O)NC3CC3)c3ccccc3n2)cc1. The number of aromatic nitrogens is 1. The summed E-state index contributed by atoms with van der Waals surface area (Å²) in [6, 6.07) is 18.1. The van der Waals surface area contributed by atoms with Crippen LogP contribution in [0.25, 0.3) is 10.9 Å². The molecule has 1 heterocycles. The normalized spacial score (nSPS) is 13.4. The minimum absolute atomic E-state index is 0.0168. The lowest BCUT2D eigenvalue weighted by atomic mass is 10.1. The van der Waals surface area contributed by atoms with Crippen molar-refractivity contribution in [2.75, 3.05) is 18.6 Å². The van der Waals surface area contributed by atoms with E-state index in [0.29, 0.717) is 24.8 Å². The summed E-state index contributed by atoms with van der Waals surface area (Å²) in [5, 5.41) is 3.99. The lowest BCUT2D eigenvalue weighted by molar-refractivity contribution is 0.0952. The number of carbonyl (C=O) groups is 1. The Morgan fingerprint density at radius 3 is 2.64 bits per heavy atom. The quantitative estimate of drug-likeness (QED) is 0.674. The van der Waals surface area contributed by atoms with Crippen LogP contribution in [0, 0.1) is 0 Å².